The van der Waals surface area contributed by atoms with Gasteiger partial charge < -0.3 is 5.11 Å². The summed E-state index contributed by atoms with van der Waals surface area (Å²) >= 11 is 0. The fraction of sp³-hybridized carbons (Fsp3) is 0.600. The molecule has 4 nitrogen and oxygen atoms in total. The first-order valence-corrected chi connectivity index (χ1v) is 8.57. The quantitative estimate of drug-likeness (QED) is 0.925. The van der Waals surface area contributed by atoms with Gasteiger partial charge in [-0.15, -0.1) is 0 Å². The summed E-state index contributed by atoms with van der Waals surface area (Å²) in [7, 11) is -3.46. The van der Waals surface area contributed by atoms with E-state index in [4.69, 9.17) is 0 Å². The Morgan fingerprint density at radius 1 is 1.25 bits per heavy atom. The number of benzene rings is 1. The second-order valence-corrected chi connectivity index (χ2v) is 7.64. The predicted octanol–water partition coefficient (Wildman–Crippen LogP) is 2.02. The molecule has 0 saturated carbocycles. The Kier molecular flexibility index (Phi) is 4.52. The van der Waals surface area contributed by atoms with E-state index in [0.29, 0.717) is 41.8 Å². The minimum atomic E-state index is -3.46. The Morgan fingerprint density at radius 2 is 1.85 bits per heavy atom. The van der Waals surface area contributed by atoms with E-state index in [0.717, 1.165) is 5.56 Å². The summed E-state index contributed by atoms with van der Waals surface area (Å²) < 4.78 is 27.2. The van der Waals surface area contributed by atoms with Gasteiger partial charge in [-0.25, -0.2) is 8.42 Å². The van der Waals surface area contributed by atoms with Crippen LogP contribution in [0.5, 0.6) is 0 Å². The molecular weight excluding hydrogens is 274 g/mol. The predicted molar refractivity (Wildman–Crippen MR) is 78.8 cm³/mol. The molecule has 112 valence electrons. The minimum Gasteiger partial charge on any atom is -0.392 e. The number of rotatable bonds is 4. The van der Waals surface area contributed by atoms with Crippen molar-refractivity contribution >= 4 is 10.0 Å². The van der Waals surface area contributed by atoms with Gasteiger partial charge >= 0.3 is 0 Å². The molecule has 2 atom stereocenters. The zero-order chi connectivity index (χ0) is 14.9. The molecule has 1 aliphatic rings. The van der Waals surface area contributed by atoms with Gasteiger partial charge in [0.15, 0.2) is 0 Å². The highest BCUT2D eigenvalue weighted by atomic mass is 32.2. The van der Waals surface area contributed by atoms with Crippen LogP contribution in [0.15, 0.2) is 23.1 Å². The average Bonchev–Trinajstić information content (AvgIpc) is 2.78. The number of aliphatic hydroxyl groups excluding tert-OH is 1. The fourth-order valence-corrected chi connectivity index (χ4v) is 4.63. The van der Waals surface area contributed by atoms with Crippen LogP contribution in [0.4, 0.5) is 0 Å². The Labute approximate surface area is 121 Å². The van der Waals surface area contributed by atoms with Gasteiger partial charge in [0.05, 0.1) is 11.5 Å². The summed E-state index contributed by atoms with van der Waals surface area (Å²) in [6.45, 7) is 7.14. The lowest BCUT2D eigenvalue weighted by atomic mass is 10.0. The molecule has 20 heavy (non-hydrogen) atoms. The molecular formula is C15H23NO3S. The molecule has 0 bridgehead atoms. The zero-order valence-electron chi connectivity index (χ0n) is 12.3. The van der Waals surface area contributed by atoms with Gasteiger partial charge in [-0.3, -0.25) is 0 Å². The zero-order valence-corrected chi connectivity index (χ0v) is 13.2. The second-order valence-electron chi connectivity index (χ2n) is 5.73. The fourth-order valence-electron chi connectivity index (χ4n) is 2.64. The van der Waals surface area contributed by atoms with Gasteiger partial charge in [-0.05, 0) is 35.4 Å². The van der Waals surface area contributed by atoms with E-state index < -0.39 is 10.0 Å². The Morgan fingerprint density at radius 3 is 2.35 bits per heavy atom. The molecule has 0 amide bonds. The summed E-state index contributed by atoms with van der Waals surface area (Å²) in [5.74, 6) is 0.770. The number of aryl methyl sites for hydroxylation is 1. The number of hydrogen-bond acceptors (Lipinski definition) is 3. The molecule has 1 heterocycles. The van der Waals surface area contributed by atoms with Crippen molar-refractivity contribution in [1.82, 2.24) is 4.31 Å². The van der Waals surface area contributed by atoms with E-state index in [1.807, 2.05) is 6.92 Å². The summed E-state index contributed by atoms with van der Waals surface area (Å²) in [5, 5.41) is 9.23. The molecule has 5 heteroatoms. The van der Waals surface area contributed by atoms with Gasteiger partial charge in [-0.1, -0.05) is 32.9 Å². The molecule has 1 saturated heterocycles. The maximum absolute atomic E-state index is 12.8. The standard InChI is InChI=1S/C15H23NO3S/c1-4-14-6-5-13(10-17)7-15(14)20(18,19)16-8-11(2)12(3)9-16/h5-7,11-12,17H,4,8-10H2,1-3H3. The van der Waals surface area contributed by atoms with E-state index in [2.05, 4.69) is 13.8 Å². The first-order chi connectivity index (χ1) is 9.40. The van der Waals surface area contributed by atoms with E-state index in [1.54, 1.807) is 22.5 Å². The van der Waals surface area contributed by atoms with Crippen LogP contribution in [0.1, 0.15) is 31.9 Å². The summed E-state index contributed by atoms with van der Waals surface area (Å²) in [4.78, 5) is 0.354. The van der Waals surface area contributed by atoms with Crippen LogP contribution in [0.3, 0.4) is 0 Å². The van der Waals surface area contributed by atoms with Crippen LogP contribution in [-0.4, -0.2) is 30.9 Å². The third kappa shape index (κ3) is 2.75. The molecule has 2 rings (SSSR count). The lowest BCUT2D eigenvalue weighted by Crippen LogP contribution is -2.30. The summed E-state index contributed by atoms with van der Waals surface area (Å²) in [5.41, 5.74) is 1.45. The van der Waals surface area contributed by atoms with Gasteiger partial charge in [0, 0.05) is 13.1 Å². The molecule has 1 aromatic carbocycles. The van der Waals surface area contributed by atoms with Crippen molar-refractivity contribution < 1.29 is 13.5 Å². The molecule has 0 aromatic heterocycles. The highest BCUT2D eigenvalue weighted by Gasteiger charge is 2.35. The van der Waals surface area contributed by atoms with Gasteiger partial charge in [0.25, 0.3) is 0 Å². The second kappa shape index (κ2) is 5.84. The topological polar surface area (TPSA) is 57.6 Å². The summed E-state index contributed by atoms with van der Waals surface area (Å²) in [6, 6.07) is 5.20. The number of aliphatic hydroxyl groups is 1. The SMILES string of the molecule is CCc1ccc(CO)cc1S(=O)(=O)N1CC(C)C(C)C1. The minimum absolute atomic E-state index is 0.140. The molecule has 0 radical (unpaired) electrons. The third-order valence-electron chi connectivity index (χ3n) is 4.27. The third-order valence-corrected chi connectivity index (χ3v) is 6.18. The first kappa shape index (κ1) is 15.5. The number of hydrogen-bond donors (Lipinski definition) is 1. The molecule has 1 fully saturated rings. The molecule has 1 aliphatic heterocycles. The van der Waals surface area contributed by atoms with Gasteiger partial charge in [0.2, 0.25) is 10.0 Å². The Bertz CT molecular complexity index is 573. The van der Waals surface area contributed by atoms with Crippen LogP contribution < -0.4 is 0 Å². The van der Waals surface area contributed by atoms with E-state index >= 15 is 0 Å². The number of sulfonamides is 1. The number of nitrogens with zero attached hydrogens (tertiary/aromatic N) is 1. The Hall–Kier alpha value is -0.910. The molecule has 0 aliphatic carbocycles. The van der Waals surface area contributed by atoms with Gasteiger partial charge in [-0.2, -0.15) is 4.31 Å². The Balaban J connectivity index is 2.43. The van der Waals surface area contributed by atoms with Crippen molar-refractivity contribution in [2.24, 2.45) is 11.8 Å². The van der Waals surface area contributed by atoms with Crippen molar-refractivity contribution in [1.29, 1.82) is 0 Å². The first-order valence-electron chi connectivity index (χ1n) is 7.13. The molecule has 2 unspecified atom stereocenters. The average molecular weight is 297 g/mol. The largest absolute Gasteiger partial charge is 0.392 e. The van der Waals surface area contributed by atoms with E-state index in [-0.39, 0.29) is 6.61 Å². The van der Waals surface area contributed by atoms with Gasteiger partial charge in [0.1, 0.15) is 0 Å². The van der Waals surface area contributed by atoms with E-state index in [1.165, 1.54) is 0 Å². The highest BCUT2D eigenvalue weighted by molar-refractivity contribution is 7.89. The maximum Gasteiger partial charge on any atom is 0.243 e. The smallest absolute Gasteiger partial charge is 0.243 e. The van der Waals surface area contributed by atoms with Crippen molar-refractivity contribution in [3.05, 3.63) is 29.3 Å². The monoisotopic (exact) mass is 297 g/mol. The normalized spacial score (nSPS) is 24.2. The van der Waals surface area contributed by atoms with Crippen LogP contribution in [-0.2, 0) is 23.1 Å². The summed E-state index contributed by atoms with van der Waals surface area (Å²) in [6.07, 6.45) is 0.666. The van der Waals surface area contributed by atoms with Crippen molar-refractivity contribution in [3.8, 4) is 0 Å². The molecule has 1 aromatic rings. The molecule has 1 N–H and O–H groups in total. The van der Waals surface area contributed by atoms with Crippen molar-refractivity contribution in [3.63, 3.8) is 0 Å². The van der Waals surface area contributed by atoms with Crippen LogP contribution in [0.2, 0.25) is 0 Å². The van der Waals surface area contributed by atoms with Crippen LogP contribution in [0, 0.1) is 11.8 Å². The lowest BCUT2D eigenvalue weighted by Gasteiger charge is -2.19. The van der Waals surface area contributed by atoms with Crippen molar-refractivity contribution in [2.45, 2.75) is 38.7 Å². The van der Waals surface area contributed by atoms with Crippen LogP contribution >= 0.6 is 0 Å². The van der Waals surface area contributed by atoms with E-state index in [9.17, 15) is 13.5 Å². The molecule has 0 spiro atoms. The van der Waals surface area contributed by atoms with Crippen LogP contribution in [0.25, 0.3) is 0 Å². The lowest BCUT2D eigenvalue weighted by molar-refractivity contribution is 0.281. The maximum atomic E-state index is 12.8. The highest BCUT2D eigenvalue weighted by Crippen LogP contribution is 2.30. The van der Waals surface area contributed by atoms with Crippen molar-refractivity contribution in [2.75, 3.05) is 13.1 Å².